The molecule has 0 radical (unpaired) electrons. The number of pyridine rings is 1. The van der Waals surface area contributed by atoms with Gasteiger partial charge < -0.3 is 5.32 Å². The summed E-state index contributed by atoms with van der Waals surface area (Å²) in [6.45, 7) is 8.95. The zero-order chi connectivity index (χ0) is 12.1. The van der Waals surface area contributed by atoms with Crippen molar-refractivity contribution in [1.29, 1.82) is 0 Å². The van der Waals surface area contributed by atoms with Crippen molar-refractivity contribution in [1.82, 2.24) is 15.2 Å². The number of nitrogens with zero attached hydrogens (tertiary/aromatic N) is 2. The van der Waals surface area contributed by atoms with Crippen LogP contribution in [0, 0.1) is 6.92 Å². The Kier molecular flexibility index (Phi) is 6.61. The van der Waals surface area contributed by atoms with Crippen molar-refractivity contribution in [3.05, 3.63) is 29.6 Å². The van der Waals surface area contributed by atoms with Gasteiger partial charge in [0.2, 0.25) is 0 Å². The molecule has 0 amide bonds. The molecule has 0 saturated carbocycles. The molecule has 1 saturated heterocycles. The minimum absolute atomic E-state index is 0. The van der Waals surface area contributed by atoms with Crippen LogP contribution in [-0.2, 0) is 6.54 Å². The molecule has 1 atom stereocenters. The Labute approximate surface area is 116 Å². The third kappa shape index (κ3) is 3.94. The zero-order valence-electron chi connectivity index (χ0n) is 11.4. The number of aromatic nitrogens is 1. The van der Waals surface area contributed by atoms with Crippen LogP contribution in [0.25, 0.3) is 0 Å². The first-order valence-electron chi connectivity index (χ1n) is 6.65. The topological polar surface area (TPSA) is 28.2 Å². The van der Waals surface area contributed by atoms with Gasteiger partial charge in [0.1, 0.15) is 0 Å². The molecule has 4 heteroatoms. The highest BCUT2D eigenvalue weighted by Gasteiger charge is 2.21. The number of hydrogen-bond acceptors (Lipinski definition) is 3. The van der Waals surface area contributed by atoms with E-state index >= 15 is 0 Å². The fraction of sp³-hybridized carbons (Fsp3) is 0.643. The summed E-state index contributed by atoms with van der Waals surface area (Å²) >= 11 is 0. The Balaban J connectivity index is 0.00000162. The van der Waals surface area contributed by atoms with E-state index in [9.17, 15) is 0 Å². The monoisotopic (exact) mass is 269 g/mol. The van der Waals surface area contributed by atoms with Gasteiger partial charge in [-0.05, 0) is 50.0 Å². The third-order valence-electron chi connectivity index (χ3n) is 3.58. The fourth-order valence-corrected chi connectivity index (χ4v) is 2.51. The van der Waals surface area contributed by atoms with Crippen LogP contribution >= 0.6 is 12.4 Å². The third-order valence-corrected chi connectivity index (χ3v) is 3.58. The quantitative estimate of drug-likeness (QED) is 0.890. The lowest BCUT2D eigenvalue weighted by molar-refractivity contribution is 0.199. The van der Waals surface area contributed by atoms with Crippen LogP contribution in [0.15, 0.2) is 18.5 Å². The second-order valence-electron chi connectivity index (χ2n) is 4.92. The first-order chi connectivity index (χ1) is 8.31. The maximum atomic E-state index is 4.24. The number of aryl methyl sites for hydroxylation is 1. The van der Waals surface area contributed by atoms with E-state index in [1.165, 1.54) is 30.5 Å². The van der Waals surface area contributed by atoms with Gasteiger partial charge in [0.15, 0.2) is 0 Å². The lowest BCUT2D eigenvalue weighted by Crippen LogP contribution is -2.37. The minimum Gasteiger partial charge on any atom is -0.315 e. The molecule has 1 aliphatic rings. The van der Waals surface area contributed by atoms with Crippen LogP contribution in [0.2, 0.25) is 0 Å². The van der Waals surface area contributed by atoms with Crippen LogP contribution in [0.1, 0.15) is 30.9 Å². The Morgan fingerprint density at radius 3 is 2.94 bits per heavy atom. The molecule has 0 aromatic carbocycles. The molecule has 1 aromatic rings. The van der Waals surface area contributed by atoms with Gasteiger partial charge in [-0.1, -0.05) is 6.92 Å². The van der Waals surface area contributed by atoms with Gasteiger partial charge in [0.05, 0.1) is 0 Å². The average Bonchev–Trinajstić information content (AvgIpc) is 2.85. The van der Waals surface area contributed by atoms with Crippen LogP contribution < -0.4 is 5.32 Å². The van der Waals surface area contributed by atoms with Crippen LogP contribution in [0.4, 0.5) is 0 Å². The number of nitrogens with one attached hydrogen (secondary N) is 1. The molecule has 1 fully saturated rings. The van der Waals surface area contributed by atoms with E-state index in [0.29, 0.717) is 6.04 Å². The van der Waals surface area contributed by atoms with Crippen LogP contribution in [0.5, 0.6) is 0 Å². The molecule has 18 heavy (non-hydrogen) atoms. The fourth-order valence-electron chi connectivity index (χ4n) is 2.51. The van der Waals surface area contributed by atoms with Crippen molar-refractivity contribution in [3.8, 4) is 0 Å². The summed E-state index contributed by atoms with van der Waals surface area (Å²) in [4.78, 5) is 6.84. The maximum absolute atomic E-state index is 4.24. The summed E-state index contributed by atoms with van der Waals surface area (Å²) in [7, 11) is 0. The van der Waals surface area contributed by atoms with E-state index in [2.05, 4.69) is 35.1 Å². The molecular formula is C14H24ClN3. The van der Waals surface area contributed by atoms with Crippen molar-refractivity contribution in [2.45, 2.75) is 39.3 Å². The molecule has 0 bridgehead atoms. The van der Waals surface area contributed by atoms with Gasteiger partial charge in [0.25, 0.3) is 0 Å². The maximum Gasteiger partial charge on any atom is 0.0315 e. The Morgan fingerprint density at radius 1 is 1.50 bits per heavy atom. The molecule has 1 N–H and O–H groups in total. The Hall–Kier alpha value is -0.640. The summed E-state index contributed by atoms with van der Waals surface area (Å²) < 4.78 is 0. The van der Waals surface area contributed by atoms with E-state index < -0.39 is 0 Å². The first kappa shape index (κ1) is 15.4. The van der Waals surface area contributed by atoms with Crippen molar-refractivity contribution in [2.24, 2.45) is 0 Å². The molecule has 0 spiro atoms. The van der Waals surface area contributed by atoms with E-state index in [1.54, 1.807) is 0 Å². The second-order valence-corrected chi connectivity index (χ2v) is 4.92. The van der Waals surface area contributed by atoms with Crippen LogP contribution in [-0.4, -0.2) is 35.6 Å². The standard InChI is InChI=1S/C14H23N3.ClH/c1-3-8-17(14-5-7-16-10-14)11-13-9-15-6-4-12(13)2;/h4,6,9,14,16H,3,5,7-8,10-11H2,1-2H3;1H. The smallest absolute Gasteiger partial charge is 0.0315 e. The number of rotatable bonds is 5. The largest absolute Gasteiger partial charge is 0.315 e. The molecule has 1 unspecified atom stereocenters. The van der Waals surface area contributed by atoms with E-state index in [0.717, 1.165) is 19.6 Å². The lowest BCUT2D eigenvalue weighted by Gasteiger charge is -2.28. The second kappa shape index (κ2) is 7.72. The minimum atomic E-state index is 0. The normalized spacial score (nSPS) is 18.9. The Bertz CT molecular complexity index is 351. The van der Waals surface area contributed by atoms with Gasteiger partial charge in [0, 0.05) is 31.5 Å². The predicted molar refractivity (Wildman–Crippen MR) is 78.2 cm³/mol. The van der Waals surface area contributed by atoms with Gasteiger partial charge in [-0.3, -0.25) is 9.88 Å². The first-order valence-corrected chi connectivity index (χ1v) is 6.65. The summed E-state index contributed by atoms with van der Waals surface area (Å²) in [5.41, 5.74) is 2.72. The Morgan fingerprint density at radius 2 is 2.33 bits per heavy atom. The van der Waals surface area contributed by atoms with Gasteiger partial charge in [-0.15, -0.1) is 12.4 Å². The highest BCUT2D eigenvalue weighted by Crippen LogP contribution is 2.15. The molecule has 1 aromatic heterocycles. The van der Waals surface area contributed by atoms with Crippen molar-refractivity contribution >= 4 is 12.4 Å². The molecule has 2 rings (SSSR count). The van der Waals surface area contributed by atoms with Gasteiger partial charge >= 0.3 is 0 Å². The van der Waals surface area contributed by atoms with E-state index in [1.807, 2.05) is 12.4 Å². The van der Waals surface area contributed by atoms with Crippen LogP contribution in [0.3, 0.4) is 0 Å². The summed E-state index contributed by atoms with van der Waals surface area (Å²) in [6.07, 6.45) is 6.38. The van der Waals surface area contributed by atoms with Gasteiger partial charge in [-0.25, -0.2) is 0 Å². The summed E-state index contributed by atoms with van der Waals surface area (Å²) in [5, 5.41) is 3.45. The van der Waals surface area contributed by atoms with E-state index in [4.69, 9.17) is 0 Å². The molecule has 0 aliphatic carbocycles. The summed E-state index contributed by atoms with van der Waals surface area (Å²) in [5.74, 6) is 0. The SMILES string of the molecule is CCCN(Cc1cnccc1C)C1CCNC1.Cl. The molecule has 3 nitrogen and oxygen atoms in total. The van der Waals surface area contributed by atoms with E-state index in [-0.39, 0.29) is 12.4 Å². The van der Waals surface area contributed by atoms with Crippen molar-refractivity contribution in [3.63, 3.8) is 0 Å². The van der Waals surface area contributed by atoms with Gasteiger partial charge in [-0.2, -0.15) is 0 Å². The average molecular weight is 270 g/mol. The highest BCUT2D eigenvalue weighted by atomic mass is 35.5. The predicted octanol–water partition coefficient (Wildman–Crippen LogP) is 2.39. The van der Waals surface area contributed by atoms with Crippen molar-refractivity contribution in [2.75, 3.05) is 19.6 Å². The lowest BCUT2D eigenvalue weighted by atomic mass is 10.1. The number of hydrogen-bond donors (Lipinski definition) is 1. The molecule has 102 valence electrons. The zero-order valence-corrected chi connectivity index (χ0v) is 12.2. The summed E-state index contributed by atoms with van der Waals surface area (Å²) in [6, 6.07) is 2.81. The highest BCUT2D eigenvalue weighted by molar-refractivity contribution is 5.85. The molecule has 1 aliphatic heterocycles. The number of halogens is 1. The molecule has 2 heterocycles. The molecular weight excluding hydrogens is 246 g/mol. The van der Waals surface area contributed by atoms with Crippen molar-refractivity contribution < 1.29 is 0 Å².